The molecule has 8 heteroatoms. The molecule has 4 heterocycles. The van der Waals surface area contributed by atoms with Crippen LogP contribution in [0, 0.1) is 17.8 Å². The summed E-state index contributed by atoms with van der Waals surface area (Å²) < 4.78 is 25.5. The Bertz CT molecular complexity index is 1200. The van der Waals surface area contributed by atoms with Crippen LogP contribution in [0.3, 0.4) is 0 Å². The van der Waals surface area contributed by atoms with Gasteiger partial charge >= 0.3 is 5.97 Å². The van der Waals surface area contributed by atoms with E-state index in [0.29, 0.717) is 24.0 Å². The van der Waals surface area contributed by atoms with Gasteiger partial charge in [0.05, 0.1) is 24.9 Å². The first-order valence-corrected chi connectivity index (χ1v) is 15.5. The molecule has 0 aromatic heterocycles. The minimum Gasteiger partial charge on any atom is -0.462 e. The van der Waals surface area contributed by atoms with E-state index in [1.165, 1.54) is 5.57 Å². The number of aliphatic hydroxyl groups excluding tert-OH is 2. The second-order valence-corrected chi connectivity index (χ2v) is 13.3. The van der Waals surface area contributed by atoms with Crippen molar-refractivity contribution in [1.29, 1.82) is 0 Å². The smallest absolute Gasteiger partial charge is 0.316 e. The minimum absolute atomic E-state index is 0.110. The largest absolute Gasteiger partial charge is 0.462 e. The van der Waals surface area contributed by atoms with Crippen LogP contribution >= 0.6 is 0 Å². The maximum absolute atomic E-state index is 14.0. The van der Waals surface area contributed by atoms with Crippen molar-refractivity contribution in [2.75, 3.05) is 6.61 Å². The van der Waals surface area contributed by atoms with Gasteiger partial charge in [0.15, 0.2) is 5.79 Å². The Hall–Kier alpha value is -2.07. The molecule has 232 valence electrons. The fourth-order valence-electron chi connectivity index (χ4n) is 7.39. The predicted molar refractivity (Wildman–Crippen MR) is 158 cm³/mol. The quantitative estimate of drug-likeness (QED) is 0.306. The highest BCUT2D eigenvalue weighted by Crippen LogP contribution is 2.47. The first kappa shape index (κ1) is 31.4. The van der Waals surface area contributed by atoms with Gasteiger partial charge in [-0.25, -0.2) is 0 Å². The Labute approximate surface area is 249 Å². The Morgan fingerprint density at radius 2 is 1.88 bits per heavy atom. The predicted octanol–water partition coefficient (Wildman–Crippen LogP) is 4.45. The molecule has 0 saturated carbocycles. The maximum atomic E-state index is 14.0. The van der Waals surface area contributed by atoms with Gasteiger partial charge in [-0.15, -0.1) is 0 Å². The summed E-state index contributed by atoms with van der Waals surface area (Å²) in [4.78, 5) is 14.0. The number of hydrogen-bond acceptors (Lipinski definition) is 8. The van der Waals surface area contributed by atoms with Crippen LogP contribution in [0.5, 0.6) is 0 Å². The van der Waals surface area contributed by atoms with E-state index >= 15 is 0 Å². The van der Waals surface area contributed by atoms with Crippen molar-refractivity contribution in [3.63, 3.8) is 0 Å². The molecule has 42 heavy (non-hydrogen) atoms. The van der Waals surface area contributed by atoms with Gasteiger partial charge in [-0.3, -0.25) is 4.79 Å². The minimum atomic E-state index is -1.74. The van der Waals surface area contributed by atoms with E-state index in [9.17, 15) is 20.1 Å². The van der Waals surface area contributed by atoms with Crippen LogP contribution in [0.2, 0.25) is 0 Å². The number of carbonyl (C=O) groups excluding carboxylic acids is 1. The third-order valence-electron chi connectivity index (χ3n) is 9.97. The summed E-state index contributed by atoms with van der Waals surface area (Å²) in [5.74, 6) is -2.61. The number of aliphatic hydroxyl groups is 3. The topological polar surface area (TPSA) is 115 Å². The highest BCUT2D eigenvalue weighted by atomic mass is 16.7. The molecule has 5 rings (SSSR count). The molecule has 11 atom stereocenters. The van der Waals surface area contributed by atoms with Gasteiger partial charge in [0.1, 0.15) is 29.8 Å². The van der Waals surface area contributed by atoms with E-state index < -0.39 is 47.7 Å². The van der Waals surface area contributed by atoms with Gasteiger partial charge in [0.25, 0.3) is 0 Å². The fourth-order valence-corrected chi connectivity index (χ4v) is 7.39. The molecule has 1 aliphatic carbocycles. The molecule has 3 fully saturated rings. The zero-order chi connectivity index (χ0) is 30.4. The number of esters is 1. The van der Waals surface area contributed by atoms with E-state index in [-0.39, 0.29) is 43.5 Å². The van der Waals surface area contributed by atoms with Gasteiger partial charge in [0.2, 0.25) is 0 Å². The summed E-state index contributed by atoms with van der Waals surface area (Å²) in [6.07, 6.45) is 10.3. The van der Waals surface area contributed by atoms with Crippen LogP contribution in [0.1, 0.15) is 73.6 Å². The molecule has 0 amide bonds. The summed E-state index contributed by atoms with van der Waals surface area (Å²) >= 11 is 0. The third-order valence-corrected chi connectivity index (χ3v) is 9.97. The zero-order valence-electron chi connectivity index (χ0n) is 25.8. The van der Waals surface area contributed by atoms with Crippen molar-refractivity contribution in [3.8, 4) is 0 Å². The van der Waals surface area contributed by atoms with Gasteiger partial charge in [-0.1, -0.05) is 55.9 Å². The molecule has 0 radical (unpaired) electrons. The Kier molecular flexibility index (Phi) is 9.06. The number of hydrogen-bond donors (Lipinski definition) is 3. The monoisotopic (exact) mass is 584 g/mol. The summed E-state index contributed by atoms with van der Waals surface area (Å²) in [7, 11) is 0. The fraction of sp³-hybridized carbons (Fsp3) is 0.676. The van der Waals surface area contributed by atoms with Crippen molar-refractivity contribution >= 4 is 5.97 Å². The Morgan fingerprint density at radius 3 is 2.62 bits per heavy atom. The number of allylic oxidation sites excluding steroid dienone is 5. The molecule has 0 aromatic carbocycles. The van der Waals surface area contributed by atoms with Crippen LogP contribution in [-0.4, -0.2) is 75.9 Å². The van der Waals surface area contributed by atoms with E-state index in [1.807, 2.05) is 39.0 Å². The number of rotatable bonds is 1. The lowest BCUT2D eigenvalue weighted by Gasteiger charge is -2.51. The SMILES string of the molecule is C/C=C(\C)[C@H]1OC2(CC3CC(C/C=C(\C)C[C@@H](C)/C=C/C=C4/COC5[C@H](O)C(C)=CC(C(=O)O3)[C@@]45O)O2)C[C@H](O)[C@@H]1C. The highest BCUT2D eigenvalue weighted by Gasteiger charge is 2.60. The van der Waals surface area contributed by atoms with E-state index in [2.05, 4.69) is 26.0 Å². The zero-order valence-corrected chi connectivity index (χ0v) is 25.8. The second kappa shape index (κ2) is 12.1. The van der Waals surface area contributed by atoms with Gasteiger partial charge < -0.3 is 34.3 Å². The standard InChI is InChI=1S/C34H48O8/c1-7-21(4)30-23(6)28(35)17-33(42-30)16-26-15-25(41-33)12-11-20(3)13-19(2)9-8-10-24-18-39-31-29(36)22(5)14-27(32(37)40-26)34(24,31)38/h7-11,14,19,23,25-31,35-36,38H,12-13,15-18H2,1-6H3/b9-8+,20-11+,21-7+,24-10-/t19-,23-,25?,26?,27?,28-,29+,30+,31?,33?,34-/m0/s1. The molecule has 8 nitrogen and oxygen atoms in total. The average Bonchev–Trinajstić information content (AvgIpc) is 3.27. The van der Waals surface area contributed by atoms with Crippen LogP contribution in [-0.2, 0) is 23.7 Å². The second-order valence-electron chi connectivity index (χ2n) is 13.3. The normalized spacial score (nSPS) is 48.3. The van der Waals surface area contributed by atoms with Crippen molar-refractivity contribution in [2.24, 2.45) is 17.8 Å². The van der Waals surface area contributed by atoms with E-state index in [4.69, 9.17) is 18.9 Å². The Balaban J connectivity index is 1.53. The number of carbonyl (C=O) groups is 1. The maximum Gasteiger partial charge on any atom is 0.316 e. The molecular weight excluding hydrogens is 536 g/mol. The lowest BCUT2D eigenvalue weighted by Crippen LogP contribution is -2.59. The van der Waals surface area contributed by atoms with Crippen molar-refractivity contribution in [2.45, 2.75) is 122 Å². The number of fused-ring (bicyclic) bond motifs is 2. The summed E-state index contributed by atoms with van der Waals surface area (Å²) in [6.45, 7) is 12.0. The molecule has 4 aliphatic heterocycles. The van der Waals surface area contributed by atoms with Crippen LogP contribution in [0.25, 0.3) is 0 Å². The van der Waals surface area contributed by atoms with Crippen LogP contribution in [0.15, 0.2) is 58.7 Å². The Morgan fingerprint density at radius 1 is 1.12 bits per heavy atom. The van der Waals surface area contributed by atoms with Crippen LogP contribution < -0.4 is 0 Å². The van der Waals surface area contributed by atoms with Gasteiger partial charge in [0, 0.05) is 25.2 Å². The lowest BCUT2D eigenvalue weighted by atomic mass is 9.71. The molecular formula is C34H48O8. The average molecular weight is 585 g/mol. The third kappa shape index (κ3) is 5.86. The van der Waals surface area contributed by atoms with E-state index in [1.54, 1.807) is 13.0 Å². The molecule has 5 aliphatic rings. The summed E-state index contributed by atoms with van der Waals surface area (Å²) in [5.41, 5.74) is 1.61. The lowest BCUT2D eigenvalue weighted by molar-refractivity contribution is -0.342. The molecule has 3 saturated heterocycles. The van der Waals surface area contributed by atoms with Crippen molar-refractivity contribution in [1.82, 2.24) is 0 Å². The molecule has 3 N–H and O–H groups in total. The van der Waals surface area contributed by atoms with Gasteiger partial charge in [-0.05, 0) is 63.2 Å². The summed E-state index contributed by atoms with van der Waals surface area (Å²) in [5, 5.41) is 34.1. The van der Waals surface area contributed by atoms with Crippen molar-refractivity contribution < 1.29 is 39.1 Å². The van der Waals surface area contributed by atoms with E-state index in [0.717, 1.165) is 12.0 Å². The summed E-state index contributed by atoms with van der Waals surface area (Å²) in [6, 6.07) is 0. The molecule has 5 unspecified atom stereocenters. The highest BCUT2D eigenvalue weighted by molar-refractivity contribution is 5.78. The first-order valence-electron chi connectivity index (χ1n) is 15.5. The number of ether oxygens (including phenoxy) is 4. The van der Waals surface area contributed by atoms with Crippen molar-refractivity contribution in [3.05, 3.63) is 58.7 Å². The first-order chi connectivity index (χ1) is 19.9. The molecule has 2 bridgehead atoms. The van der Waals surface area contributed by atoms with Crippen LogP contribution in [0.4, 0.5) is 0 Å². The molecule has 1 spiro atoms. The molecule has 0 aromatic rings. The van der Waals surface area contributed by atoms with Gasteiger partial charge in [-0.2, -0.15) is 0 Å².